The Labute approximate surface area is 120 Å². The standard InChI is InChI=1S/C13H15NO7/c1-20-9-2-4-10(5-3-9)21-8-11(15)14(6-12(16)17)7-13(18)19/h2-5H,6-8H2,1H3,(H,16,17)(H,18,19). The molecule has 1 amide bonds. The van der Waals surface area contributed by atoms with Crippen LogP contribution in [0.4, 0.5) is 0 Å². The second kappa shape index (κ2) is 7.73. The first-order valence-electron chi connectivity index (χ1n) is 5.90. The van der Waals surface area contributed by atoms with E-state index in [1.807, 2.05) is 0 Å². The molecule has 8 heteroatoms. The summed E-state index contributed by atoms with van der Waals surface area (Å²) in [4.78, 5) is 33.6. The van der Waals surface area contributed by atoms with Crippen molar-refractivity contribution >= 4 is 17.8 Å². The van der Waals surface area contributed by atoms with E-state index in [4.69, 9.17) is 19.7 Å². The number of ether oxygens (including phenoxy) is 2. The molecule has 0 saturated carbocycles. The molecule has 0 spiro atoms. The van der Waals surface area contributed by atoms with Crippen molar-refractivity contribution in [3.05, 3.63) is 24.3 Å². The molecule has 114 valence electrons. The molecule has 0 unspecified atom stereocenters. The number of carboxylic acid groups (broad SMARTS) is 2. The fourth-order valence-corrected chi connectivity index (χ4v) is 1.47. The lowest BCUT2D eigenvalue weighted by Gasteiger charge is -2.18. The van der Waals surface area contributed by atoms with Crippen molar-refractivity contribution in [2.24, 2.45) is 0 Å². The van der Waals surface area contributed by atoms with Crippen molar-refractivity contribution in [2.45, 2.75) is 0 Å². The number of carbonyl (C=O) groups is 3. The van der Waals surface area contributed by atoms with Crippen LogP contribution in [0.3, 0.4) is 0 Å². The minimum absolute atomic E-state index is 0.384. The first-order chi connectivity index (χ1) is 9.92. The summed E-state index contributed by atoms with van der Waals surface area (Å²) in [6.07, 6.45) is 0. The summed E-state index contributed by atoms with van der Waals surface area (Å²) < 4.78 is 10.1. The molecule has 0 aliphatic carbocycles. The minimum Gasteiger partial charge on any atom is -0.497 e. The van der Waals surface area contributed by atoms with Gasteiger partial charge in [-0.25, -0.2) is 0 Å². The number of nitrogens with zero attached hydrogens (tertiary/aromatic N) is 1. The van der Waals surface area contributed by atoms with Crippen LogP contribution in [0.15, 0.2) is 24.3 Å². The summed E-state index contributed by atoms with van der Waals surface area (Å²) in [6, 6.07) is 6.41. The van der Waals surface area contributed by atoms with Gasteiger partial charge in [0.1, 0.15) is 24.6 Å². The van der Waals surface area contributed by atoms with E-state index in [1.165, 1.54) is 7.11 Å². The van der Waals surface area contributed by atoms with Gasteiger partial charge in [0, 0.05) is 0 Å². The highest BCUT2D eigenvalue weighted by Crippen LogP contribution is 2.16. The normalized spacial score (nSPS) is 9.76. The van der Waals surface area contributed by atoms with E-state index in [0.717, 1.165) is 0 Å². The third kappa shape index (κ3) is 5.81. The summed E-state index contributed by atoms with van der Waals surface area (Å²) in [5.74, 6) is -2.32. The SMILES string of the molecule is COc1ccc(OCC(=O)N(CC(=O)O)CC(=O)O)cc1. The minimum atomic E-state index is -1.30. The first kappa shape index (κ1) is 16.3. The number of aliphatic carboxylic acids is 2. The molecular weight excluding hydrogens is 282 g/mol. The van der Waals surface area contributed by atoms with Gasteiger partial charge in [0.15, 0.2) is 6.61 Å². The highest BCUT2D eigenvalue weighted by Gasteiger charge is 2.20. The lowest BCUT2D eigenvalue weighted by molar-refractivity contribution is -0.150. The molecule has 21 heavy (non-hydrogen) atoms. The molecule has 0 bridgehead atoms. The summed E-state index contributed by atoms with van der Waals surface area (Å²) in [7, 11) is 1.51. The summed E-state index contributed by atoms with van der Waals surface area (Å²) in [6.45, 7) is -1.85. The number of amides is 1. The molecule has 0 saturated heterocycles. The van der Waals surface area contributed by atoms with Crippen LogP contribution in [0.25, 0.3) is 0 Å². The van der Waals surface area contributed by atoms with E-state index in [2.05, 4.69) is 0 Å². The van der Waals surface area contributed by atoms with Gasteiger partial charge in [0.25, 0.3) is 5.91 Å². The Balaban J connectivity index is 2.59. The zero-order chi connectivity index (χ0) is 15.8. The maximum absolute atomic E-state index is 11.8. The Kier molecular flexibility index (Phi) is 5.99. The molecule has 0 radical (unpaired) electrons. The van der Waals surface area contributed by atoms with Gasteiger partial charge < -0.3 is 24.6 Å². The molecule has 0 aliphatic rings. The molecule has 8 nitrogen and oxygen atoms in total. The number of hydrogen-bond acceptors (Lipinski definition) is 5. The van der Waals surface area contributed by atoms with Crippen LogP contribution < -0.4 is 9.47 Å². The van der Waals surface area contributed by atoms with Crippen LogP contribution in [-0.2, 0) is 14.4 Å². The molecule has 0 atom stereocenters. The zero-order valence-corrected chi connectivity index (χ0v) is 11.3. The van der Waals surface area contributed by atoms with E-state index in [9.17, 15) is 14.4 Å². The fraction of sp³-hybridized carbons (Fsp3) is 0.308. The fourth-order valence-electron chi connectivity index (χ4n) is 1.47. The number of benzene rings is 1. The monoisotopic (exact) mass is 297 g/mol. The number of methoxy groups -OCH3 is 1. The van der Waals surface area contributed by atoms with Crippen molar-refractivity contribution in [2.75, 3.05) is 26.8 Å². The molecule has 1 rings (SSSR count). The van der Waals surface area contributed by atoms with Crippen molar-refractivity contribution in [3.63, 3.8) is 0 Å². The van der Waals surface area contributed by atoms with E-state index < -0.39 is 37.5 Å². The Bertz CT molecular complexity index is 496. The molecule has 1 aromatic rings. The molecule has 0 fully saturated rings. The van der Waals surface area contributed by atoms with Gasteiger partial charge in [-0.1, -0.05) is 0 Å². The van der Waals surface area contributed by atoms with Gasteiger partial charge in [-0.3, -0.25) is 14.4 Å². The van der Waals surface area contributed by atoms with Gasteiger partial charge >= 0.3 is 11.9 Å². The van der Waals surface area contributed by atoms with Crippen LogP contribution in [0.2, 0.25) is 0 Å². The van der Waals surface area contributed by atoms with E-state index >= 15 is 0 Å². The number of rotatable bonds is 8. The van der Waals surface area contributed by atoms with Crippen LogP contribution in [0.1, 0.15) is 0 Å². The van der Waals surface area contributed by atoms with Gasteiger partial charge in [-0.2, -0.15) is 0 Å². The predicted molar refractivity (Wildman–Crippen MR) is 70.3 cm³/mol. The van der Waals surface area contributed by atoms with Crippen molar-refractivity contribution in [1.82, 2.24) is 4.90 Å². The third-order valence-corrected chi connectivity index (χ3v) is 2.43. The van der Waals surface area contributed by atoms with Crippen molar-refractivity contribution in [1.29, 1.82) is 0 Å². The van der Waals surface area contributed by atoms with Gasteiger partial charge in [-0.05, 0) is 24.3 Å². The smallest absolute Gasteiger partial charge is 0.323 e. The quantitative estimate of drug-likeness (QED) is 0.698. The average Bonchev–Trinajstić information content (AvgIpc) is 2.43. The lowest BCUT2D eigenvalue weighted by Crippen LogP contribution is -2.41. The summed E-state index contributed by atoms with van der Waals surface area (Å²) in [5.41, 5.74) is 0. The Hall–Kier alpha value is -2.77. The van der Waals surface area contributed by atoms with Crippen LogP contribution >= 0.6 is 0 Å². The Morgan fingerprint density at radius 3 is 1.90 bits per heavy atom. The maximum atomic E-state index is 11.8. The van der Waals surface area contributed by atoms with E-state index in [-0.39, 0.29) is 0 Å². The lowest BCUT2D eigenvalue weighted by atomic mass is 10.3. The zero-order valence-electron chi connectivity index (χ0n) is 11.3. The molecular formula is C13H15NO7. The highest BCUT2D eigenvalue weighted by molar-refractivity contribution is 5.85. The van der Waals surface area contributed by atoms with E-state index in [1.54, 1.807) is 24.3 Å². The first-order valence-corrected chi connectivity index (χ1v) is 5.90. The Morgan fingerprint density at radius 2 is 1.48 bits per heavy atom. The molecule has 2 N–H and O–H groups in total. The van der Waals surface area contributed by atoms with Gasteiger partial charge in [0.2, 0.25) is 0 Å². The van der Waals surface area contributed by atoms with Gasteiger partial charge in [-0.15, -0.1) is 0 Å². The van der Waals surface area contributed by atoms with Crippen LogP contribution in [0, 0.1) is 0 Å². The number of carbonyl (C=O) groups excluding carboxylic acids is 1. The van der Waals surface area contributed by atoms with Crippen LogP contribution in [0.5, 0.6) is 11.5 Å². The maximum Gasteiger partial charge on any atom is 0.323 e. The van der Waals surface area contributed by atoms with Crippen molar-refractivity contribution < 1.29 is 34.1 Å². The molecule has 1 aromatic carbocycles. The summed E-state index contributed by atoms with van der Waals surface area (Å²) >= 11 is 0. The van der Waals surface area contributed by atoms with E-state index in [0.29, 0.717) is 16.4 Å². The second-order valence-electron chi connectivity index (χ2n) is 4.00. The second-order valence-corrected chi connectivity index (χ2v) is 4.00. The predicted octanol–water partition coefficient (Wildman–Crippen LogP) is 0.0718. The number of hydrogen-bond donors (Lipinski definition) is 2. The van der Waals surface area contributed by atoms with Crippen molar-refractivity contribution in [3.8, 4) is 11.5 Å². The molecule has 0 aromatic heterocycles. The molecule has 0 aliphatic heterocycles. The number of carboxylic acids is 2. The highest BCUT2D eigenvalue weighted by atomic mass is 16.5. The Morgan fingerprint density at radius 1 is 1.00 bits per heavy atom. The third-order valence-electron chi connectivity index (χ3n) is 2.43. The largest absolute Gasteiger partial charge is 0.497 e. The summed E-state index contributed by atoms with van der Waals surface area (Å²) in [5, 5.41) is 17.3. The topological polar surface area (TPSA) is 113 Å². The average molecular weight is 297 g/mol. The molecule has 0 heterocycles. The van der Waals surface area contributed by atoms with Gasteiger partial charge in [0.05, 0.1) is 7.11 Å². The van der Waals surface area contributed by atoms with Crippen LogP contribution in [-0.4, -0.2) is 59.8 Å².